The molecule has 0 bridgehead atoms. The molecule has 108 valence electrons. The van der Waals surface area contributed by atoms with Gasteiger partial charge in [-0.3, -0.25) is 14.5 Å². The molecule has 0 radical (unpaired) electrons. The maximum atomic E-state index is 13.8. The number of carboxylic acid groups (broad SMARTS) is 1. The van der Waals surface area contributed by atoms with Crippen LogP contribution in [-0.2, 0) is 11.3 Å². The minimum Gasteiger partial charge on any atom is -0.480 e. The molecular weight excluding hydrogens is 283 g/mol. The lowest BCUT2D eigenvalue weighted by atomic mass is 10.1. The summed E-state index contributed by atoms with van der Waals surface area (Å²) >= 11 is 1.57. The highest BCUT2D eigenvalue weighted by Crippen LogP contribution is 2.21. The fraction of sp³-hybridized carbons (Fsp3) is 0.385. The van der Waals surface area contributed by atoms with Gasteiger partial charge in [0.2, 0.25) is 5.91 Å². The summed E-state index contributed by atoms with van der Waals surface area (Å²) in [6, 6.07) is 3.26. The molecule has 1 amide bonds. The number of hydrogen-bond acceptors (Lipinski definition) is 4. The van der Waals surface area contributed by atoms with Crippen molar-refractivity contribution in [2.75, 3.05) is 18.1 Å². The molecular formula is C13H15FN2O3S. The zero-order chi connectivity index (χ0) is 14.7. The lowest BCUT2D eigenvalue weighted by Gasteiger charge is -2.32. The highest BCUT2D eigenvalue weighted by Gasteiger charge is 2.29. The van der Waals surface area contributed by atoms with E-state index in [2.05, 4.69) is 0 Å². The molecule has 3 N–H and O–H groups in total. The summed E-state index contributed by atoms with van der Waals surface area (Å²) in [5, 5.41) is 9.18. The number of hydrogen-bond donors (Lipinski definition) is 2. The molecule has 1 unspecified atom stereocenters. The summed E-state index contributed by atoms with van der Waals surface area (Å²) in [5.74, 6) is -0.718. The Bertz CT molecular complexity index is 538. The second kappa shape index (κ2) is 6.23. The maximum Gasteiger partial charge on any atom is 0.321 e. The largest absolute Gasteiger partial charge is 0.480 e. The van der Waals surface area contributed by atoms with Crippen LogP contribution >= 0.6 is 11.8 Å². The minimum absolute atomic E-state index is 0.157. The third-order valence-electron chi connectivity index (χ3n) is 3.23. The monoisotopic (exact) mass is 298 g/mol. The van der Waals surface area contributed by atoms with Crippen LogP contribution in [0.1, 0.15) is 15.9 Å². The van der Waals surface area contributed by atoms with Gasteiger partial charge in [-0.2, -0.15) is 11.8 Å². The molecule has 5 nitrogen and oxygen atoms in total. The number of carboxylic acids is 1. The number of nitrogens with zero attached hydrogens (tertiary/aromatic N) is 1. The highest BCUT2D eigenvalue weighted by atomic mass is 32.2. The fourth-order valence-electron chi connectivity index (χ4n) is 2.12. The molecule has 1 saturated heterocycles. The fourth-order valence-corrected chi connectivity index (χ4v) is 3.23. The molecule has 1 aromatic carbocycles. The van der Waals surface area contributed by atoms with Gasteiger partial charge in [0, 0.05) is 35.7 Å². The minimum atomic E-state index is -0.913. The van der Waals surface area contributed by atoms with Crippen molar-refractivity contribution in [3.8, 4) is 0 Å². The first-order valence-electron chi connectivity index (χ1n) is 6.12. The first-order chi connectivity index (χ1) is 9.49. The number of nitrogens with two attached hydrogens (primary N) is 1. The quantitative estimate of drug-likeness (QED) is 0.864. The van der Waals surface area contributed by atoms with Gasteiger partial charge in [0.1, 0.15) is 11.9 Å². The molecule has 0 aliphatic carbocycles. The molecule has 1 heterocycles. The van der Waals surface area contributed by atoms with Crippen LogP contribution in [0.2, 0.25) is 0 Å². The van der Waals surface area contributed by atoms with Gasteiger partial charge in [-0.25, -0.2) is 4.39 Å². The molecule has 2 rings (SSSR count). The van der Waals surface area contributed by atoms with Gasteiger partial charge < -0.3 is 10.8 Å². The Balaban J connectivity index is 2.21. The SMILES string of the molecule is NC(=O)c1ccc(F)c(CN2CCSCC2C(=O)O)c1. The van der Waals surface area contributed by atoms with Crippen LogP contribution in [0, 0.1) is 5.82 Å². The first-order valence-corrected chi connectivity index (χ1v) is 7.27. The Morgan fingerprint density at radius 1 is 1.50 bits per heavy atom. The van der Waals surface area contributed by atoms with Crippen LogP contribution in [0.25, 0.3) is 0 Å². The van der Waals surface area contributed by atoms with E-state index in [1.807, 2.05) is 0 Å². The van der Waals surface area contributed by atoms with E-state index in [-0.39, 0.29) is 12.1 Å². The Morgan fingerprint density at radius 3 is 2.90 bits per heavy atom. The zero-order valence-corrected chi connectivity index (χ0v) is 11.5. The molecule has 0 aromatic heterocycles. The number of carbonyl (C=O) groups is 2. The van der Waals surface area contributed by atoms with Gasteiger partial charge in [0.25, 0.3) is 0 Å². The number of amides is 1. The predicted octanol–water partition coefficient (Wildman–Crippen LogP) is 0.927. The van der Waals surface area contributed by atoms with Crippen LogP contribution in [0.3, 0.4) is 0 Å². The van der Waals surface area contributed by atoms with E-state index < -0.39 is 23.7 Å². The van der Waals surface area contributed by atoms with Gasteiger partial charge in [-0.1, -0.05) is 0 Å². The molecule has 1 fully saturated rings. The van der Waals surface area contributed by atoms with Crippen molar-refractivity contribution in [1.82, 2.24) is 4.90 Å². The number of benzene rings is 1. The average Bonchev–Trinajstić information content (AvgIpc) is 2.41. The standard InChI is InChI=1S/C13H15FN2O3S/c14-10-2-1-8(12(15)17)5-9(10)6-16-3-4-20-7-11(16)13(18)19/h1-2,5,11H,3-4,6-7H2,(H2,15,17)(H,18,19). The lowest BCUT2D eigenvalue weighted by Crippen LogP contribution is -2.46. The zero-order valence-electron chi connectivity index (χ0n) is 10.7. The molecule has 1 aromatic rings. The third-order valence-corrected chi connectivity index (χ3v) is 4.25. The van der Waals surface area contributed by atoms with Gasteiger partial charge in [0.05, 0.1) is 0 Å². The number of carbonyl (C=O) groups excluding carboxylic acids is 1. The Hall–Kier alpha value is -1.60. The second-order valence-corrected chi connectivity index (χ2v) is 5.72. The van der Waals surface area contributed by atoms with Crippen molar-refractivity contribution in [2.24, 2.45) is 5.73 Å². The van der Waals surface area contributed by atoms with E-state index in [9.17, 15) is 19.1 Å². The summed E-state index contributed by atoms with van der Waals surface area (Å²) in [7, 11) is 0. The van der Waals surface area contributed by atoms with Crippen LogP contribution in [-0.4, -0.2) is 46.0 Å². The van der Waals surface area contributed by atoms with Crippen molar-refractivity contribution >= 4 is 23.6 Å². The van der Waals surface area contributed by atoms with E-state index in [1.54, 1.807) is 16.7 Å². The summed E-state index contributed by atoms with van der Waals surface area (Å²) < 4.78 is 13.8. The first kappa shape index (κ1) is 14.8. The van der Waals surface area contributed by atoms with Gasteiger partial charge in [0.15, 0.2) is 0 Å². The second-order valence-electron chi connectivity index (χ2n) is 4.57. The molecule has 1 aliphatic heterocycles. The molecule has 20 heavy (non-hydrogen) atoms. The third kappa shape index (κ3) is 3.29. The topological polar surface area (TPSA) is 83.6 Å². The Labute approximate surface area is 119 Å². The van der Waals surface area contributed by atoms with Crippen molar-refractivity contribution in [3.05, 3.63) is 35.1 Å². The number of halogens is 1. The van der Waals surface area contributed by atoms with E-state index in [0.717, 1.165) is 5.75 Å². The maximum absolute atomic E-state index is 13.8. The predicted molar refractivity (Wildman–Crippen MR) is 74.1 cm³/mol. The molecule has 1 aliphatic rings. The summed E-state index contributed by atoms with van der Waals surface area (Å²) in [6.45, 7) is 0.729. The summed E-state index contributed by atoms with van der Waals surface area (Å²) in [4.78, 5) is 24.0. The van der Waals surface area contributed by atoms with E-state index in [1.165, 1.54) is 18.2 Å². The van der Waals surface area contributed by atoms with Crippen LogP contribution in [0.5, 0.6) is 0 Å². The van der Waals surface area contributed by atoms with Gasteiger partial charge in [-0.15, -0.1) is 0 Å². The van der Waals surface area contributed by atoms with Gasteiger partial charge in [-0.05, 0) is 18.2 Å². The normalized spacial score (nSPS) is 19.8. The summed E-state index contributed by atoms with van der Waals surface area (Å²) in [5.41, 5.74) is 5.68. The molecule has 0 saturated carbocycles. The van der Waals surface area contributed by atoms with E-state index in [0.29, 0.717) is 17.9 Å². The van der Waals surface area contributed by atoms with Crippen molar-refractivity contribution in [3.63, 3.8) is 0 Å². The lowest BCUT2D eigenvalue weighted by molar-refractivity contribution is -0.142. The van der Waals surface area contributed by atoms with E-state index in [4.69, 9.17) is 5.73 Å². The number of aliphatic carboxylic acids is 1. The van der Waals surface area contributed by atoms with Crippen LogP contribution in [0.4, 0.5) is 4.39 Å². The summed E-state index contributed by atoms with van der Waals surface area (Å²) in [6.07, 6.45) is 0. The van der Waals surface area contributed by atoms with Crippen molar-refractivity contribution in [2.45, 2.75) is 12.6 Å². The molecule has 7 heteroatoms. The Kier molecular flexibility index (Phi) is 4.61. The van der Waals surface area contributed by atoms with Crippen molar-refractivity contribution in [1.29, 1.82) is 0 Å². The van der Waals surface area contributed by atoms with Crippen molar-refractivity contribution < 1.29 is 19.1 Å². The number of thioether (sulfide) groups is 1. The molecule has 0 spiro atoms. The van der Waals surface area contributed by atoms with Crippen LogP contribution < -0.4 is 5.73 Å². The Morgan fingerprint density at radius 2 is 2.25 bits per heavy atom. The van der Waals surface area contributed by atoms with Crippen LogP contribution in [0.15, 0.2) is 18.2 Å². The highest BCUT2D eigenvalue weighted by molar-refractivity contribution is 7.99. The molecule has 1 atom stereocenters. The number of rotatable bonds is 4. The smallest absolute Gasteiger partial charge is 0.321 e. The average molecular weight is 298 g/mol. The number of primary amides is 1. The van der Waals surface area contributed by atoms with Gasteiger partial charge >= 0.3 is 5.97 Å². The van der Waals surface area contributed by atoms with E-state index >= 15 is 0 Å².